The van der Waals surface area contributed by atoms with E-state index in [9.17, 15) is 9.59 Å². The first kappa shape index (κ1) is 22.9. The summed E-state index contributed by atoms with van der Waals surface area (Å²) in [5.74, 6) is 1.11. The average molecular weight is 450 g/mol. The molecule has 0 unspecified atom stereocenters. The molecule has 0 fully saturated rings. The third-order valence-corrected chi connectivity index (χ3v) is 6.61. The molecule has 1 heterocycles. The number of aryl methyl sites for hydroxylation is 1. The Labute approximate surface area is 195 Å². The van der Waals surface area contributed by atoms with Gasteiger partial charge in [0.15, 0.2) is 17.3 Å². The van der Waals surface area contributed by atoms with Crippen LogP contribution in [0.4, 0.5) is 5.69 Å². The minimum Gasteiger partial charge on any atom is -0.493 e. The van der Waals surface area contributed by atoms with E-state index in [0.717, 1.165) is 22.5 Å². The standard InChI is InChI=1S/C27H31NO5/c1-16-9-7-8-10-19(16)28-20-14-27(2,3)15-21(29)24(20)18(13-23(28)30)17-11-12-22(31-4)26(33-6)25(17)32-5/h7-12,18H,13-15H2,1-6H3/t18-/m1/s1. The molecule has 4 rings (SSSR count). The third kappa shape index (κ3) is 3.88. The van der Waals surface area contributed by atoms with Crippen LogP contribution in [0.1, 0.15) is 50.2 Å². The minimum absolute atomic E-state index is 0.0320. The molecule has 1 amide bonds. The molecule has 2 aromatic carbocycles. The SMILES string of the molecule is COc1ccc([C@H]2CC(=O)N(c3ccccc3C)C3=C2C(=O)CC(C)(C)C3)c(OC)c1OC. The number of hydrogen-bond donors (Lipinski definition) is 0. The number of ketones is 1. The zero-order valence-corrected chi connectivity index (χ0v) is 20.2. The van der Waals surface area contributed by atoms with Crippen LogP contribution in [-0.4, -0.2) is 33.0 Å². The van der Waals surface area contributed by atoms with E-state index in [1.807, 2.05) is 37.3 Å². The lowest BCUT2D eigenvalue weighted by atomic mass is 9.69. The topological polar surface area (TPSA) is 65.1 Å². The van der Waals surface area contributed by atoms with Crippen molar-refractivity contribution in [2.75, 3.05) is 26.2 Å². The molecule has 2 aromatic rings. The Bertz CT molecular complexity index is 1150. The van der Waals surface area contributed by atoms with Crippen LogP contribution in [-0.2, 0) is 9.59 Å². The number of para-hydroxylation sites is 1. The molecule has 6 nitrogen and oxygen atoms in total. The zero-order valence-electron chi connectivity index (χ0n) is 20.2. The van der Waals surface area contributed by atoms with Gasteiger partial charge in [0.1, 0.15) is 0 Å². The molecule has 174 valence electrons. The van der Waals surface area contributed by atoms with Gasteiger partial charge in [-0.3, -0.25) is 14.5 Å². The van der Waals surface area contributed by atoms with E-state index < -0.39 is 5.92 Å². The summed E-state index contributed by atoms with van der Waals surface area (Å²) in [6.07, 6.45) is 1.25. The second-order valence-electron chi connectivity index (χ2n) is 9.50. The minimum atomic E-state index is -0.411. The van der Waals surface area contributed by atoms with Crippen molar-refractivity contribution in [3.05, 3.63) is 58.8 Å². The van der Waals surface area contributed by atoms with Crippen LogP contribution in [0.3, 0.4) is 0 Å². The van der Waals surface area contributed by atoms with Crippen LogP contribution in [0.5, 0.6) is 17.2 Å². The number of hydrogen-bond acceptors (Lipinski definition) is 5. The number of nitrogens with zero attached hydrogens (tertiary/aromatic N) is 1. The van der Waals surface area contributed by atoms with Gasteiger partial charge in [0.25, 0.3) is 0 Å². The maximum atomic E-state index is 13.7. The molecule has 0 radical (unpaired) electrons. The molecule has 0 aromatic heterocycles. The van der Waals surface area contributed by atoms with E-state index >= 15 is 0 Å². The first-order valence-electron chi connectivity index (χ1n) is 11.2. The van der Waals surface area contributed by atoms with E-state index in [4.69, 9.17) is 14.2 Å². The quantitative estimate of drug-likeness (QED) is 0.629. The maximum absolute atomic E-state index is 13.7. The lowest BCUT2D eigenvalue weighted by Gasteiger charge is -2.43. The van der Waals surface area contributed by atoms with Crippen molar-refractivity contribution in [3.8, 4) is 17.2 Å². The number of Topliss-reactive ketones (excluding diaryl/α,β-unsaturated/α-hetero) is 1. The maximum Gasteiger partial charge on any atom is 0.232 e. The first-order chi connectivity index (χ1) is 15.7. The largest absolute Gasteiger partial charge is 0.493 e. The highest BCUT2D eigenvalue weighted by molar-refractivity contribution is 6.08. The molecule has 0 saturated carbocycles. The van der Waals surface area contributed by atoms with Crippen LogP contribution in [0, 0.1) is 12.3 Å². The molecular formula is C27H31NO5. The Balaban J connectivity index is 1.96. The van der Waals surface area contributed by atoms with Crippen molar-refractivity contribution in [2.24, 2.45) is 5.41 Å². The van der Waals surface area contributed by atoms with Gasteiger partial charge >= 0.3 is 0 Å². The van der Waals surface area contributed by atoms with Gasteiger partial charge in [-0.25, -0.2) is 0 Å². The van der Waals surface area contributed by atoms with Crippen molar-refractivity contribution in [1.82, 2.24) is 0 Å². The van der Waals surface area contributed by atoms with Crippen LogP contribution < -0.4 is 19.1 Å². The van der Waals surface area contributed by atoms with Crippen LogP contribution >= 0.6 is 0 Å². The van der Waals surface area contributed by atoms with Crippen LogP contribution in [0.15, 0.2) is 47.7 Å². The number of methoxy groups -OCH3 is 3. The second-order valence-corrected chi connectivity index (χ2v) is 9.50. The van der Waals surface area contributed by atoms with Crippen LogP contribution in [0.25, 0.3) is 0 Å². The van der Waals surface area contributed by atoms with Crippen molar-refractivity contribution >= 4 is 17.4 Å². The van der Waals surface area contributed by atoms with Crippen molar-refractivity contribution in [2.45, 2.75) is 46.0 Å². The summed E-state index contributed by atoms with van der Waals surface area (Å²) in [5.41, 5.74) is 3.84. The summed E-state index contributed by atoms with van der Waals surface area (Å²) >= 11 is 0. The fourth-order valence-corrected chi connectivity index (χ4v) is 5.17. The van der Waals surface area contributed by atoms with Gasteiger partial charge in [-0.05, 0) is 36.5 Å². The van der Waals surface area contributed by atoms with Gasteiger partial charge in [-0.2, -0.15) is 0 Å². The monoisotopic (exact) mass is 449 g/mol. The van der Waals surface area contributed by atoms with E-state index in [1.165, 1.54) is 0 Å². The number of rotatable bonds is 5. The number of carbonyl (C=O) groups excluding carboxylic acids is 2. The van der Waals surface area contributed by atoms with Crippen molar-refractivity contribution < 1.29 is 23.8 Å². The molecule has 33 heavy (non-hydrogen) atoms. The van der Waals surface area contributed by atoms with Crippen molar-refractivity contribution in [1.29, 1.82) is 0 Å². The Morgan fingerprint density at radius 2 is 1.61 bits per heavy atom. The predicted molar refractivity (Wildman–Crippen MR) is 127 cm³/mol. The average Bonchev–Trinajstić information content (AvgIpc) is 2.77. The smallest absolute Gasteiger partial charge is 0.232 e. The molecule has 0 saturated heterocycles. The summed E-state index contributed by atoms with van der Waals surface area (Å²) in [4.78, 5) is 29.0. The number of amides is 1. The molecule has 2 aliphatic rings. The Morgan fingerprint density at radius 3 is 2.24 bits per heavy atom. The Morgan fingerprint density at radius 1 is 0.909 bits per heavy atom. The first-order valence-corrected chi connectivity index (χ1v) is 11.2. The number of ether oxygens (including phenoxy) is 3. The van der Waals surface area contributed by atoms with Crippen LogP contribution in [0.2, 0.25) is 0 Å². The summed E-state index contributed by atoms with van der Waals surface area (Å²) in [7, 11) is 4.68. The molecule has 6 heteroatoms. The molecule has 0 spiro atoms. The number of anilines is 1. The normalized spacial score (nSPS) is 19.9. The molecule has 1 aliphatic carbocycles. The van der Waals surface area contributed by atoms with Gasteiger partial charge in [-0.1, -0.05) is 38.1 Å². The Hall–Kier alpha value is -3.28. The predicted octanol–water partition coefficient (Wildman–Crippen LogP) is 5.18. The fourth-order valence-electron chi connectivity index (χ4n) is 5.17. The number of carbonyl (C=O) groups is 2. The van der Waals surface area contributed by atoms with E-state index in [2.05, 4.69) is 13.8 Å². The summed E-state index contributed by atoms with van der Waals surface area (Å²) in [6.45, 7) is 6.15. The molecule has 1 atom stereocenters. The highest BCUT2D eigenvalue weighted by Gasteiger charge is 2.45. The molecule has 0 N–H and O–H groups in total. The Kier molecular flexibility index (Phi) is 5.95. The number of benzene rings is 2. The summed E-state index contributed by atoms with van der Waals surface area (Å²) in [5, 5.41) is 0. The lowest BCUT2D eigenvalue weighted by molar-refractivity contribution is -0.121. The van der Waals surface area contributed by atoms with Gasteiger partial charge in [0.2, 0.25) is 11.7 Å². The zero-order chi connectivity index (χ0) is 23.9. The molecule has 0 bridgehead atoms. The number of allylic oxidation sites excluding steroid dienone is 2. The highest BCUT2D eigenvalue weighted by atomic mass is 16.5. The third-order valence-electron chi connectivity index (χ3n) is 6.61. The van der Waals surface area contributed by atoms with Crippen molar-refractivity contribution in [3.63, 3.8) is 0 Å². The van der Waals surface area contributed by atoms with E-state index in [0.29, 0.717) is 35.7 Å². The molecular weight excluding hydrogens is 418 g/mol. The van der Waals surface area contributed by atoms with Gasteiger partial charge < -0.3 is 14.2 Å². The van der Waals surface area contributed by atoms with Gasteiger partial charge in [0.05, 0.1) is 27.0 Å². The van der Waals surface area contributed by atoms with Gasteiger partial charge in [0, 0.05) is 35.6 Å². The highest BCUT2D eigenvalue weighted by Crippen LogP contribution is 2.52. The molecule has 1 aliphatic heterocycles. The second kappa shape index (κ2) is 8.58. The van der Waals surface area contributed by atoms with Gasteiger partial charge in [-0.15, -0.1) is 0 Å². The lowest BCUT2D eigenvalue weighted by Crippen LogP contribution is -2.44. The summed E-state index contributed by atoms with van der Waals surface area (Å²) < 4.78 is 16.7. The van der Waals surface area contributed by atoms with E-state index in [-0.39, 0.29) is 23.5 Å². The fraction of sp³-hybridized carbons (Fsp3) is 0.407. The summed E-state index contributed by atoms with van der Waals surface area (Å²) in [6, 6.07) is 11.5. The van der Waals surface area contributed by atoms with E-state index in [1.54, 1.807) is 32.3 Å².